The van der Waals surface area contributed by atoms with Crippen LogP contribution in [0.1, 0.15) is 26.7 Å². The topological polar surface area (TPSA) is 107 Å². The van der Waals surface area contributed by atoms with Gasteiger partial charge in [0.05, 0.1) is 12.4 Å². The lowest BCUT2D eigenvalue weighted by Crippen LogP contribution is -2.19. The summed E-state index contributed by atoms with van der Waals surface area (Å²) in [6.45, 7) is 3.96. The molecule has 120 valence electrons. The minimum atomic E-state index is -0.296. The maximum atomic E-state index is 11.6. The minimum absolute atomic E-state index is 0. The number of carbonyl (C=O) groups excluding carboxylic acids is 2. The van der Waals surface area contributed by atoms with Gasteiger partial charge in [0.25, 0.3) is 0 Å². The van der Waals surface area contributed by atoms with E-state index in [-0.39, 0.29) is 36.1 Å². The molecule has 1 aromatic heterocycles. The molecule has 0 saturated heterocycles. The van der Waals surface area contributed by atoms with Crippen molar-refractivity contribution in [1.82, 2.24) is 10.2 Å². The Balaban J connectivity index is 0.00000400. The number of nitrogens with zero attached hydrogens (tertiary/aromatic N) is 2. The van der Waals surface area contributed by atoms with Crippen LogP contribution in [0.4, 0.5) is 5.13 Å². The molecule has 1 atom stereocenters. The van der Waals surface area contributed by atoms with E-state index in [2.05, 4.69) is 15.5 Å². The minimum Gasteiger partial charge on any atom is -0.465 e. The Morgan fingerprint density at radius 2 is 2.19 bits per heavy atom. The molecule has 7 nitrogen and oxygen atoms in total. The molecule has 0 aliphatic rings. The second kappa shape index (κ2) is 10.8. The van der Waals surface area contributed by atoms with Crippen molar-refractivity contribution in [3.05, 3.63) is 0 Å². The van der Waals surface area contributed by atoms with Crippen LogP contribution in [0, 0.1) is 0 Å². The first-order chi connectivity index (χ1) is 9.51. The van der Waals surface area contributed by atoms with Gasteiger partial charge in [-0.15, -0.1) is 22.6 Å². The van der Waals surface area contributed by atoms with E-state index in [9.17, 15) is 9.59 Å². The molecule has 0 aromatic carbocycles. The summed E-state index contributed by atoms with van der Waals surface area (Å²) in [6, 6.07) is -0.00846. The normalized spacial score (nSPS) is 11.4. The highest BCUT2D eigenvalue weighted by molar-refractivity contribution is 8.01. The number of hydrogen-bond acceptors (Lipinski definition) is 8. The second-order valence-electron chi connectivity index (χ2n) is 4.03. The molecule has 3 N–H and O–H groups in total. The van der Waals surface area contributed by atoms with Gasteiger partial charge in [-0.3, -0.25) is 9.59 Å². The first kappa shape index (κ1) is 20.1. The average molecular weight is 355 g/mol. The number of nitrogens with two attached hydrogens (primary N) is 1. The summed E-state index contributed by atoms with van der Waals surface area (Å²) in [5.41, 5.74) is 5.58. The van der Waals surface area contributed by atoms with Crippen LogP contribution >= 0.6 is 35.5 Å². The highest BCUT2D eigenvalue weighted by Gasteiger charge is 2.11. The second-order valence-corrected chi connectivity index (χ2v) is 6.23. The zero-order valence-electron chi connectivity index (χ0n) is 11.8. The molecule has 0 saturated carbocycles. The standard InChI is InChI=1S/C11H18N4O3S2.ClH/c1-3-18-9(17)6-19-11-15-14-10(20-11)13-8(16)5-4-7(2)12;/h7H,3-6,12H2,1-2H3,(H,13,14,16);1H. The molecular weight excluding hydrogens is 336 g/mol. The lowest BCUT2D eigenvalue weighted by Gasteiger charge is -2.03. The van der Waals surface area contributed by atoms with Crippen molar-refractivity contribution in [2.75, 3.05) is 17.7 Å². The zero-order chi connectivity index (χ0) is 15.0. The zero-order valence-corrected chi connectivity index (χ0v) is 14.3. The lowest BCUT2D eigenvalue weighted by molar-refractivity contribution is -0.139. The lowest BCUT2D eigenvalue weighted by atomic mass is 10.2. The highest BCUT2D eigenvalue weighted by atomic mass is 35.5. The van der Waals surface area contributed by atoms with Crippen molar-refractivity contribution < 1.29 is 14.3 Å². The van der Waals surface area contributed by atoms with Crippen molar-refractivity contribution in [3.8, 4) is 0 Å². The fraction of sp³-hybridized carbons (Fsp3) is 0.636. The van der Waals surface area contributed by atoms with Gasteiger partial charge >= 0.3 is 5.97 Å². The first-order valence-corrected chi connectivity index (χ1v) is 7.98. The SMILES string of the molecule is CCOC(=O)CSc1nnc(NC(=O)CCC(C)N)s1.Cl. The number of anilines is 1. The van der Waals surface area contributed by atoms with Crippen LogP contribution in [0.25, 0.3) is 0 Å². The van der Waals surface area contributed by atoms with Gasteiger partial charge in [0.1, 0.15) is 0 Å². The van der Waals surface area contributed by atoms with Crippen molar-refractivity contribution >= 4 is 52.5 Å². The number of thioether (sulfide) groups is 1. The maximum absolute atomic E-state index is 11.6. The van der Waals surface area contributed by atoms with E-state index in [0.717, 1.165) is 0 Å². The van der Waals surface area contributed by atoms with Crippen molar-refractivity contribution in [3.63, 3.8) is 0 Å². The predicted octanol–water partition coefficient (Wildman–Crippen LogP) is 1.68. The largest absolute Gasteiger partial charge is 0.465 e. The van der Waals surface area contributed by atoms with Crippen molar-refractivity contribution in [1.29, 1.82) is 0 Å². The van der Waals surface area contributed by atoms with Gasteiger partial charge in [-0.05, 0) is 20.3 Å². The summed E-state index contributed by atoms with van der Waals surface area (Å²) in [5.74, 6) is -0.253. The number of halogens is 1. The molecule has 1 aromatic rings. The van der Waals surface area contributed by atoms with E-state index < -0.39 is 0 Å². The van der Waals surface area contributed by atoms with Gasteiger partial charge in [-0.25, -0.2) is 0 Å². The molecule has 0 aliphatic heterocycles. The molecule has 0 aliphatic carbocycles. The smallest absolute Gasteiger partial charge is 0.316 e. The molecule has 1 heterocycles. The summed E-state index contributed by atoms with van der Waals surface area (Å²) in [7, 11) is 0. The van der Waals surface area contributed by atoms with E-state index in [0.29, 0.717) is 28.9 Å². The van der Waals surface area contributed by atoms with Gasteiger partial charge in [0, 0.05) is 12.5 Å². The third kappa shape index (κ3) is 8.86. The van der Waals surface area contributed by atoms with Gasteiger partial charge in [-0.1, -0.05) is 23.1 Å². The molecule has 1 rings (SSSR count). The Hall–Kier alpha value is -0.900. The number of nitrogens with one attached hydrogen (secondary N) is 1. The van der Waals surface area contributed by atoms with Crippen LogP contribution in [-0.2, 0) is 14.3 Å². The fourth-order valence-electron chi connectivity index (χ4n) is 1.18. The van der Waals surface area contributed by atoms with E-state index in [1.807, 2.05) is 6.92 Å². The van der Waals surface area contributed by atoms with Gasteiger partial charge < -0.3 is 15.8 Å². The maximum Gasteiger partial charge on any atom is 0.316 e. The molecule has 0 spiro atoms. The Bertz CT molecular complexity index is 456. The molecule has 21 heavy (non-hydrogen) atoms. The van der Waals surface area contributed by atoms with Crippen LogP contribution in [0.3, 0.4) is 0 Å². The molecule has 0 bridgehead atoms. The van der Waals surface area contributed by atoms with Gasteiger partial charge in [-0.2, -0.15) is 0 Å². The van der Waals surface area contributed by atoms with Crippen LogP contribution < -0.4 is 11.1 Å². The number of esters is 1. The Labute approximate surface area is 137 Å². The van der Waals surface area contributed by atoms with E-state index in [4.69, 9.17) is 10.5 Å². The number of rotatable bonds is 8. The number of carbonyl (C=O) groups is 2. The van der Waals surface area contributed by atoms with Gasteiger partial charge in [0.2, 0.25) is 11.0 Å². The molecule has 1 unspecified atom stereocenters. The van der Waals surface area contributed by atoms with Crippen LogP contribution in [-0.4, -0.2) is 40.5 Å². The summed E-state index contributed by atoms with van der Waals surface area (Å²) < 4.78 is 5.42. The molecule has 0 radical (unpaired) electrons. The quantitative estimate of drug-likeness (QED) is 0.415. The van der Waals surface area contributed by atoms with Crippen LogP contribution in [0.2, 0.25) is 0 Å². The molecular formula is C11H19ClN4O3S2. The van der Waals surface area contributed by atoms with E-state index >= 15 is 0 Å². The third-order valence-electron chi connectivity index (χ3n) is 2.10. The number of aromatic nitrogens is 2. The predicted molar refractivity (Wildman–Crippen MR) is 86.0 cm³/mol. The summed E-state index contributed by atoms with van der Waals surface area (Å²) >= 11 is 2.46. The Kier molecular flexibility index (Phi) is 10.3. The first-order valence-electron chi connectivity index (χ1n) is 6.18. The molecule has 0 fully saturated rings. The van der Waals surface area contributed by atoms with E-state index in [1.165, 1.54) is 23.1 Å². The third-order valence-corrected chi connectivity index (χ3v) is 4.04. The number of amides is 1. The Morgan fingerprint density at radius 1 is 1.48 bits per heavy atom. The fourth-order valence-corrected chi connectivity index (χ4v) is 2.75. The van der Waals surface area contributed by atoms with Crippen molar-refractivity contribution in [2.45, 2.75) is 37.1 Å². The van der Waals surface area contributed by atoms with Gasteiger partial charge in [0.15, 0.2) is 4.34 Å². The monoisotopic (exact) mass is 354 g/mol. The van der Waals surface area contributed by atoms with Crippen LogP contribution in [0.5, 0.6) is 0 Å². The van der Waals surface area contributed by atoms with E-state index in [1.54, 1.807) is 6.92 Å². The summed E-state index contributed by atoms with van der Waals surface area (Å²) in [5, 5.41) is 10.8. The summed E-state index contributed by atoms with van der Waals surface area (Å²) in [4.78, 5) is 22.8. The summed E-state index contributed by atoms with van der Waals surface area (Å²) in [6.07, 6.45) is 0.970. The molecule has 1 amide bonds. The number of hydrogen-bond donors (Lipinski definition) is 2. The average Bonchev–Trinajstić information content (AvgIpc) is 2.82. The highest BCUT2D eigenvalue weighted by Crippen LogP contribution is 2.25. The van der Waals surface area contributed by atoms with Crippen LogP contribution in [0.15, 0.2) is 4.34 Å². The van der Waals surface area contributed by atoms with Crippen molar-refractivity contribution in [2.24, 2.45) is 5.73 Å². The molecule has 10 heteroatoms. The number of ether oxygens (including phenoxy) is 1. The Morgan fingerprint density at radius 3 is 2.81 bits per heavy atom.